The number of amides is 1. The highest BCUT2D eigenvalue weighted by atomic mass is 16.5. The highest BCUT2D eigenvalue weighted by Gasteiger charge is 2.59. The van der Waals surface area contributed by atoms with Crippen molar-refractivity contribution in [2.24, 2.45) is 5.41 Å². The van der Waals surface area contributed by atoms with Crippen molar-refractivity contribution in [1.82, 2.24) is 4.90 Å². The molecule has 0 unspecified atom stereocenters. The van der Waals surface area contributed by atoms with E-state index in [4.69, 9.17) is 10.00 Å². The lowest BCUT2D eigenvalue weighted by atomic mass is 9.70. The molecular weight excluding hydrogens is 232 g/mol. The summed E-state index contributed by atoms with van der Waals surface area (Å²) in [5.41, 5.74) is -1.80. The maximum absolute atomic E-state index is 11.6. The number of nitriles is 1. The first-order valence-corrected chi connectivity index (χ1v) is 6.13. The zero-order chi connectivity index (χ0) is 14.2. The van der Waals surface area contributed by atoms with Gasteiger partial charge in [-0.3, -0.25) is 4.90 Å². The van der Waals surface area contributed by atoms with E-state index in [2.05, 4.69) is 6.07 Å². The summed E-state index contributed by atoms with van der Waals surface area (Å²) >= 11 is 0. The molecule has 1 atom stereocenters. The first-order valence-electron chi connectivity index (χ1n) is 6.13. The second-order valence-corrected chi connectivity index (χ2v) is 6.29. The minimum absolute atomic E-state index is 0.296. The van der Waals surface area contributed by atoms with Gasteiger partial charge < -0.3 is 9.84 Å². The minimum Gasteiger partial charge on any atom is -0.465 e. The van der Waals surface area contributed by atoms with Crippen molar-refractivity contribution in [3.8, 4) is 6.07 Å². The highest BCUT2D eigenvalue weighted by Crippen LogP contribution is 2.48. The van der Waals surface area contributed by atoms with Gasteiger partial charge in [-0.15, -0.1) is 0 Å². The third-order valence-corrected chi connectivity index (χ3v) is 3.87. The molecular formula is C13H22N2O3. The summed E-state index contributed by atoms with van der Waals surface area (Å²) in [6.07, 6.45) is -0.186. The molecule has 1 N–H and O–H groups in total. The Bertz CT molecular complexity index is 379. The largest absolute Gasteiger partial charge is 0.465 e. The Labute approximate surface area is 108 Å². The molecule has 0 spiro atoms. The molecule has 1 amide bonds. The van der Waals surface area contributed by atoms with Crippen LogP contribution >= 0.6 is 0 Å². The van der Waals surface area contributed by atoms with Crippen LogP contribution in [0.2, 0.25) is 0 Å². The standard InChI is InChI=1S/C13H22N2O3/c1-11(2,3)13(7-6-8-14)9-18-12(4,5)15(13)10(16)17/h6-7,9H2,1-5H3,(H,16,17)/t13-/m1/s1. The van der Waals surface area contributed by atoms with Crippen molar-refractivity contribution >= 4 is 6.09 Å². The van der Waals surface area contributed by atoms with Crippen LogP contribution in [0.5, 0.6) is 0 Å². The number of ether oxygens (including phenoxy) is 1. The van der Waals surface area contributed by atoms with Gasteiger partial charge in [0, 0.05) is 6.42 Å². The Morgan fingerprint density at radius 1 is 1.50 bits per heavy atom. The van der Waals surface area contributed by atoms with Crippen LogP contribution in [-0.2, 0) is 4.74 Å². The Kier molecular flexibility index (Phi) is 3.64. The second-order valence-electron chi connectivity index (χ2n) is 6.29. The summed E-state index contributed by atoms with van der Waals surface area (Å²) in [5, 5.41) is 18.3. The molecule has 0 aromatic rings. The molecule has 1 heterocycles. The molecule has 0 aliphatic carbocycles. The van der Waals surface area contributed by atoms with E-state index in [-0.39, 0.29) is 5.41 Å². The van der Waals surface area contributed by atoms with Crippen molar-refractivity contribution in [1.29, 1.82) is 5.26 Å². The summed E-state index contributed by atoms with van der Waals surface area (Å²) in [4.78, 5) is 13.0. The third-order valence-electron chi connectivity index (χ3n) is 3.87. The van der Waals surface area contributed by atoms with Crippen LogP contribution in [0.25, 0.3) is 0 Å². The van der Waals surface area contributed by atoms with E-state index in [9.17, 15) is 9.90 Å². The summed E-state index contributed by atoms with van der Waals surface area (Å²) < 4.78 is 5.69. The van der Waals surface area contributed by atoms with Crippen LogP contribution in [0.3, 0.4) is 0 Å². The average molecular weight is 254 g/mol. The van der Waals surface area contributed by atoms with Gasteiger partial charge in [0.2, 0.25) is 0 Å². The van der Waals surface area contributed by atoms with Crippen LogP contribution in [0.15, 0.2) is 0 Å². The number of rotatable bonds is 2. The molecule has 1 fully saturated rings. The van der Waals surface area contributed by atoms with Crippen molar-refractivity contribution in [2.75, 3.05) is 6.61 Å². The molecule has 1 aliphatic rings. The van der Waals surface area contributed by atoms with Crippen LogP contribution in [0, 0.1) is 16.7 Å². The van der Waals surface area contributed by atoms with Gasteiger partial charge in [0.25, 0.3) is 0 Å². The van der Waals surface area contributed by atoms with Gasteiger partial charge in [-0.2, -0.15) is 5.26 Å². The molecule has 18 heavy (non-hydrogen) atoms. The lowest BCUT2D eigenvalue weighted by Crippen LogP contribution is -2.61. The van der Waals surface area contributed by atoms with E-state index in [1.807, 2.05) is 20.8 Å². The fraction of sp³-hybridized carbons (Fsp3) is 0.846. The summed E-state index contributed by atoms with van der Waals surface area (Å²) in [5.74, 6) is 0. The zero-order valence-corrected chi connectivity index (χ0v) is 11.8. The maximum atomic E-state index is 11.6. The SMILES string of the molecule is CC1(C)OC[C@](CCC#N)(C(C)(C)C)N1C(=O)O. The zero-order valence-electron chi connectivity index (χ0n) is 11.8. The van der Waals surface area contributed by atoms with E-state index in [1.54, 1.807) is 13.8 Å². The van der Waals surface area contributed by atoms with Crippen LogP contribution in [0.1, 0.15) is 47.5 Å². The summed E-state index contributed by atoms with van der Waals surface area (Å²) in [6, 6.07) is 2.10. The second kappa shape index (κ2) is 4.43. The summed E-state index contributed by atoms with van der Waals surface area (Å²) in [6.45, 7) is 9.81. The summed E-state index contributed by atoms with van der Waals surface area (Å²) in [7, 11) is 0. The third kappa shape index (κ3) is 2.17. The van der Waals surface area contributed by atoms with E-state index in [0.717, 1.165) is 0 Å². The van der Waals surface area contributed by atoms with E-state index in [1.165, 1.54) is 4.90 Å². The van der Waals surface area contributed by atoms with Crippen molar-refractivity contribution < 1.29 is 14.6 Å². The molecule has 0 aromatic carbocycles. The Morgan fingerprint density at radius 2 is 2.06 bits per heavy atom. The van der Waals surface area contributed by atoms with Crippen molar-refractivity contribution in [3.05, 3.63) is 0 Å². The average Bonchev–Trinajstić information content (AvgIpc) is 2.47. The number of nitrogens with zero attached hydrogens (tertiary/aromatic N) is 2. The molecule has 1 aliphatic heterocycles. The maximum Gasteiger partial charge on any atom is 0.410 e. The first kappa shape index (κ1) is 14.8. The molecule has 5 heteroatoms. The molecule has 0 bridgehead atoms. The Hall–Kier alpha value is -1.28. The lowest BCUT2D eigenvalue weighted by Gasteiger charge is -2.48. The Balaban J connectivity index is 3.26. The molecule has 102 valence electrons. The fourth-order valence-electron chi connectivity index (χ4n) is 2.73. The topological polar surface area (TPSA) is 73.6 Å². The van der Waals surface area contributed by atoms with Gasteiger partial charge in [0.15, 0.2) is 0 Å². The first-order chi connectivity index (χ1) is 8.08. The normalized spacial score (nSPS) is 27.0. The van der Waals surface area contributed by atoms with Gasteiger partial charge in [-0.05, 0) is 25.7 Å². The predicted octanol–water partition coefficient (Wildman–Crippen LogP) is 2.82. The van der Waals surface area contributed by atoms with Crippen LogP contribution < -0.4 is 0 Å². The monoisotopic (exact) mass is 254 g/mol. The quantitative estimate of drug-likeness (QED) is 0.822. The molecule has 1 saturated heterocycles. The van der Waals surface area contributed by atoms with Gasteiger partial charge in [-0.1, -0.05) is 20.8 Å². The minimum atomic E-state index is -0.995. The lowest BCUT2D eigenvalue weighted by molar-refractivity contribution is -0.0583. The fourth-order valence-corrected chi connectivity index (χ4v) is 2.73. The highest BCUT2D eigenvalue weighted by molar-refractivity contribution is 5.68. The number of hydrogen-bond acceptors (Lipinski definition) is 3. The van der Waals surface area contributed by atoms with E-state index in [0.29, 0.717) is 19.4 Å². The molecule has 0 aromatic heterocycles. The number of carboxylic acid groups (broad SMARTS) is 1. The van der Waals surface area contributed by atoms with Crippen LogP contribution in [-0.4, -0.2) is 34.0 Å². The van der Waals surface area contributed by atoms with Gasteiger partial charge >= 0.3 is 6.09 Å². The smallest absolute Gasteiger partial charge is 0.410 e. The van der Waals surface area contributed by atoms with Crippen molar-refractivity contribution in [3.63, 3.8) is 0 Å². The van der Waals surface area contributed by atoms with E-state index < -0.39 is 17.4 Å². The van der Waals surface area contributed by atoms with Gasteiger partial charge in [-0.25, -0.2) is 4.79 Å². The molecule has 1 rings (SSSR count). The van der Waals surface area contributed by atoms with Gasteiger partial charge in [0.05, 0.1) is 18.2 Å². The molecule has 5 nitrogen and oxygen atoms in total. The van der Waals surface area contributed by atoms with Gasteiger partial charge in [0.1, 0.15) is 5.72 Å². The van der Waals surface area contributed by atoms with Crippen LogP contribution in [0.4, 0.5) is 4.79 Å². The number of carbonyl (C=O) groups is 1. The molecule has 0 saturated carbocycles. The Morgan fingerprint density at radius 3 is 2.44 bits per heavy atom. The number of hydrogen-bond donors (Lipinski definition) is 1. The van der Waals surface area contributed by atoms with E-state index >= 15 is 0 Å². The molecule has 0 radical (unpaired) electrons. The van der Waals surface area contributed by atoms with Crippen molar-refractivity contribution in [2.45, 2.75) is 58.7 Å². The predicted molar refractivity (Wildman–Crippen MR) is 66.9 cm³/mol.